The molecule has 1 saturated heterocycles. The van der Waals surface area contributed by atoms with Gasteiger partial charge in [-0.25, -0.2) is 4.79 Å². The molecule has 1 amide bonds. The van der Waals surface area contributed by atoms with E-state index in [0.29, 0.717) is 35.9 Å². The standard InChI is InChI=1S/C21H23NO4/c1-26-18-7-4-6-17(14-18)20(23)22-11-9-15(10-12-22)13-16-5-2-3-8-19(16)21(24)25/h2-8,14-15H,9-13H2,1H3,(H,24,25). The molecule has 0 radical (unpaired) electrons. The van der Waals surface area contributed by atoms with Crippen LogP contribution in [0.2, 0.25) is 0 Å². The van der Waals surface area contributed by atoms with Crippen molar-refractivity contribution in [3.05, 3.63) is 65.2 Å². The van der Waals surface area contributed by atoms with E-state index in [0.717, 1.165) is 24.8 Å². The van der Waals surface area contributed by atoms with Crippen LogP contribution < -0.4 is 4.74 Å². The molecule has 1 heterocycles. The lowest BCUT2D eigenvalue weighted by atomic mass is 9.88. The Morgan fingerprint density at radius 1 is 1.12 bits per heavy atom. The highest BCUT2D eigenvalue weighted by Crippen LogP contribution is 2.25. The van der Waals surface area contributed by atoms with Crippen LogP contribution in [0.3, 0.4) is 0 Å². The van der Waals surface area contributed by atoms with Crippen LogP contribution in [0.25, 0.3) is 0 Å². The maximum Gasteiger partial charge on any atom is 0.335 e. The first-order valence-electron chi connectivity index (χ1n) is 8.83. The number of hydrogen-bond donors (Lipinski definition) is 1. The minimum atomic E-state index is -0.883. The molecule has 1 aliphatic rings. The van der Waals surface area contributed by atoms with E-state index in [4.69, 9.17) is 4.74 Å². The number of amides is 1. The first-order chi connectivity index (χ1) is 12.6. The molecule has 136 valence electrons. The largest absolute Gasteiger partial charge is 0.497 e. The summed E-state index contributed by atoms with van der Waals surface area (Å²) >= 11 is 0. The second kappa shape index (κ2) is 8.04. The lowest BCUT2D eigenvalue weighted by molar-refractivity contribution is 0.0690. The van der Waals surface area contributed by atoms with Gasteiger partial charge in [-0.15, -0.1) is 0 Å². The van der Waals surface area contributed by atoms with Crippen molar-refractivity contribution in [3.8, 4) is 5.75 Å². The van der Waals surface area contributed by atoms with Gasteiger partial charge in [0.2, 0.25) is 0 Å². The van der Waals surface area contributed by atoms with Gasteiger partial charge in [0, 0.05) is 18.7 Å². The lowest BCUT2D eigenvalue weighted by Crippen LogP contribution is -2.39. The number of rotatable bonds is 5. The van der Waals surface area contributed by atoms with Crippen LogP contribution in [0.1, 0.15) is 39.1 Å². The van der Waals surface area contributed by atoms with E-state index in [1.165, 1.54) is 0 Å². The Morgan fingerprint density at radius 2 is 1.85 bits per heavy atom. The van der Waals surface area contributed by atoms with Crippen molar-refractivity contribution in [2.75, 3.05) is 20.2 Å². The fraction of sp³-hybridized carbons (Fsp3) is 0.333. The van der Waals surface area contributed by atoms with Crippen molar-refractivity contribution in [3.63, 3.8) is 0 Å². The topological polar surface area (TPSA) is 66.8 Å². The molecule has 3 rings (SSSR count). The first kappa shape index (κ1) is 18.0. The van der Waals surface area contributed by atoms with Crippen molar-refractivity contribution >= 4 is 11.9 Å². The number of ether oxygens (including phenoxy) is 1. The van der Waals surface area contributed by atoms with E-state index >= 15 is 0 Å². The highest BCUT2D eigenvalue weighted by atomic mass is 16.5. The van der Waals surface area contributed by atoms with Crippen molar-refractivity contribution < 1.29 is 19.4 Å². The van der Waals surface area contributed by atoms with Gasteiger partial charge in [0.05, 0.1) is 12.7 Å². The second-order valence-corrected chi connectivity index (χ2v) is 6.63. The first-order valence-corrected chi connectivity index (χ1v) is 8.83. The van der Waals surface area contributed by atoms with Crippen LogP contribution in [-0.2, 0) is 6.42 Å². The summed E-state index contributed by atoms with van der Waals surface area (Å²) < 4.78 is 5.19. The summed E-state index contributed by atoms with van der Waals surface area (Å²) in [6.07, 6.45) is 2.50. The molecule has 0 atom stereocenters. The molecule has 2 aromatic rings. The van der Waals surface area contributed by atoms with E-state index in [2.05, 4.69) is 0 Å². The maximum absolute atomic E-state index is 12.7. The summed E-state index contributed by atoms with van der Waals surface area (Å²) in [5.74, 6) is 0.209. The zero-order valence-electron chi connectivity index (χ0n) is 14.9. The number of piperidine rings is 1. The average molecular weight is 353 g/mol. The quantitative estimate of drug-likeness (QED) is 0.893. The minimum absolute atomic E-state index is 0.0216. The highest BCUT2D eigenvalue weighted by molar-refractivity contribution is 5.94. The number of methoxy groups -OCH3 is 1. The second-order valence-electron chi connectivity index (χ2n) is 6.63. The number of carbonyl (C=O) groups is 2. The number of nitrogens with zero attached hydrogens (tertiary/aromatic N) is 1. The molecular weight excluding hydrogens is 330 g/mol. The number of hydrogen-bond acceptors (Lipinski definition) is 3. The molecule has 1 N–H and O–H groups in total. The third-order valence-corrected chi connectivity index (χ3v) is 4.97. The highest BCUT2D eigenvalue weighted by Gasteiger charge is 2.25. The third-order valence-electron chi connectivity index (χ3n) is 4.97. The Bertz CT molecular complexity index is 794. The van der Waals surface area contributed by atoms with Crippen molar-refractivity contribution in [1.82, 2.24) is 4.90 Å². The van der Waals surface area contributed by atoms with Gasteiger partial charge in [-0.05, 0) is 55.0 Å². The van der Waals surface area contributed by atoms with Gasteiger partial charge < -0.3 is 14.7 Å². The van der Waals surface area contributed by atoms with Crippen molar-refractivity contribution in [1.29, 1.82) is 0 Å². The molecule has 0 saturated carbocycles. The SMILES string of the molecule is COc1cccc(C(=O)N2CCC(Cc3ccccc3C(=O)O)CC2)c1. The van der Waals surface area contributed by atoms with Crippen molar-refractivity contribution in [2.45, 2.75) is 19.3 Å². The molecule has 2 aromatic carbocycles. The van der Waals surface area contributed by atoms with E-state index < -0.39 is 5.97 Å². The molecule has 5 nitrogen and oxygen atoms in total. The average Bonchev–Trinajstić information content (AvgIpc) is 2.68. The molecule has 0 aromatic heterocycles. The van der Waals surface area contributed by atoms with Gasteiger partial charge in [0.1, 0.15) is 5.75 Å². The molecule has 26 heavy (non-hydrogen) atoms. The Hall–Kier alpha value is -2.82. The minimum Gasteiger partial charge on any atom is -0.497 e. The van der Waals surface area contributed by atoms with Gasteiger partial charge >= 0.3 is 5.97 Å². The zero-order chi connectivity index (χ0) is 18.5. The molecule has 1 aliphatic heterocycles. The fourth-order valence-corrected chi connectivity index (χ4v) is 3.50. The Kier molecular flexibility index (Phi) is 5.56. The van der Waals surface area contributed by atoms with E-state index in [-0.39, 0.29) is 5.91 Å². The molecule has 5 heteroatoms. The van der Waals surface area contributed by atoms with E-state index in [1.807, 2.05) is 29.2 Å². The zero-order valence-corrected chi connectivity index (χ0v) is 14.9. The van der Waals surface area contributed by atoms with E-state index in [9.17, 15) is 14.7 Å². The Morgan fingerprint density at radius 3 is 2.54 bits per heavy atom. The number of carbonyl (C=O) groups excluding carboxylic acids is 1. The summed E-state index contributed by atoms with van der Waals surface area (Å²) in [4.78, 5) is 25.9. The van der Waals surface area contributed by atoms with Crippen LogP contribution in [0.15, 0.2) is 48.5 Å². The number of aromatic carboxylic acids is 1. The van der Waals surface area contributed by atoms with Gasteiger partial charge in [0.25, 0.3) is 5.91 Å². The summed E-state index contributed by atoms with van der Waals surface area (Å²) in [6.45, 7) is 1.38. The molecule has 1 fully saturated rings. The smallest absolute Gasteiger partial charge is 0.335 e. The summed E-state index contributed by atoms with van der Waals surface area (Å²) in [5.41, 5.74) is 1.89. The number of likely N-dealkylation sites (tertiary alicyclic amines) is 1. The predicted octanol–water partition coefficient (Wildman–Crippen LogP) is 3.49. The van der Waals surface area contributed by atoms with Crippen LogP contribution in [0.4, 0.5) is 0 Å². The number of carboxylic acid groups (broad SMARTS) is 1. The third kappa shape index (κ3) is 4.04. The van der Waals surface area contributed by atoms with E-state index in [1.54, 1.807) is 31.4 Å². The maximum atomic E-state index is 12.7. The summed E-state index contributed by atoms with van der Waals surface area (Å²) in [6, 6.07) is 14.4. The van der Waals surface area contributed by atoms with Crippen LogP contribution in [-0.4, -0.2) is 42.1 Å². The summed E-state index contributed by atoms with van der Waals surface area (Å²) in [5, 5.41) is 9.32. The van der Waals surface area contributed by atoms with Crippen molar-refractivity contribution in [2.24, 2.45) is 5.92 Å². The fourth-order valence-electron chi connectivity index (χ4n) is 3.50. The summed E-state index contributed by atoms with van der Waals surface area (Å²) in [7, 11) is 1.59. The molecular formula is C21H23NO4. The van der Waals surface area contributed by atoms with Crippen LogP contribution in [0, 0.1) is 5.92 Å². The van der Waals surface area contributed by atoms with Gasteiger partial charge in [-0.1, -0.05) is 24.3 Å². The number of carboxylic acids is 1. The molecule has 0 bridgehead atoms. The lowest BCUT2D eigenvalue weighted by Gasteiger charge is -2.32. The predicted molar refractivity (Wildman–Crippen MR) is 98.7 cm³/mol. The normalized spacial score (nSPS) is 14.9. The Labute approximate surface area is 153 Å². The molecule has 0 aliphatic carbocycles. The molecule has 0 spiro atoms. The monoisotopic (exact) mass is 353 g/mol. The molecule has 0 unspecified atom stereocenters. The van der Waals surface area contributed by atoms with Gasteiger partial charge in [0.15, 0.2) is 0 Å². The number of benzene rings is 2. The Balaban J connectivity index is 1.61. The van der Waals surface area contributed by atoms with Crippen LogP contribution in [0.5, 0.6) is 5.75 Å². The van der Waals surface area contributed by atoms with Crippen LogP contribution >= 0.6 is 0 Å². The van der Waals surface area contributed by atoms with Gasteiger partial charge in [-0.3, -0.25) is 4.79 Å². The van der Waals surface area contributed by atoms with Gasteiger partial charge in [-0.2, -0.15) is 0 Å².